The topological polar surface area (TPSA) is 89.8 Å². The predicted molar refractivity (Wildman–Crippen MR) is 107 cm³/mol. The number of ether oxygens (including phenoxy) is 2. The van der Waals surface area contributed by atoms with Crippen LogP contribution in [0.25, 0.3) is 21.9 Å². The van der Waals surface area contributed by atoms with Gasteiger partial charge in [0.25, 0.3) is 11.8 Å². The van der Waals surface area contributed by atoms with Gasteiger partial charge in [-0.05, 0) is 48.5 Å². The summed E-state index contributed by atoms with van der Waals surface area (Å²) in [6, 6.07) is 18.1. The molecule has 0 bridgehead atoms. The zero-order valence-electron chi connectivity index (χ0n) is 15.7. The van der Waals surface area contributed by atoms with Gasteiger partial charge in [0.05, 0.1) is 0 Å². The summed E-state index contributed by atoms with van der Waals surface area (Å²) >= 11 is 0. The zero-order valence-corrected chi connectivity index (χ0v) is 15.7. The molecule has 0 saturated carbocycles. The number of furan rings is 1. The van der Waals surface area contributed by atoms with Crippen LogP contribution in [0.3, 0.4) is 0 Å². The van der Waals surface area contributed by atoms with E-state index in [9.17, 15) is 14.0 Å². The molecule has 4 rings (SSSR count). The van der Waals surface area contributed by atoms with E-state index in [0.29, 0.717) is 11.5 Å². The second kappa shape index (κ2) is 8.52. The van der Waals surface area contributed by atoms with Crippen LogP contribution in [0.4, 0.5) is 4.39 Å². The third-order valence-electron chi connectivity index (χ3n) is 4.24. The fourth-order valence-corrected chi connectivity index (χ4v) is 2.84. The normalized spacial score (nSPS) is 10.7. The lowest BCUT2D eigenvalue weighted by molar-refractivity contribution is -0.131. The fraction of sp³-hybridized carbons (Fsp3) is 0.0909. The molecule has 152 valence electrons. The lowest BCUT2D eigenvalue weighted by atomic mass is 10.1. The van der Waals surface area contributed by atoms with E-state index in [0.717, 1.165) is 21.9 Å². The smallest absolute Gasteiger partial charge is 0.276 e. The predicted octanol–water partition coefficient (Wildman–Crippen LogP) is 3.33. The third kappa shape index (κ3) is 4.49. The molecular weight excluding hydrogens is 391 g/mol. The highest BCUT2D eigenvalue weighted by atomic mass is 19.1. The lowest BCUT2D eigenvalue weighted by Crippen LogP contribution is -2.45. The van der Waals surface area contributed by atoms with E-state index in [-0.39, 0.29) is 13.2 Å². The molecule has 0 atom stereocenters. The first kappa shape index (κ1) is 19.3. The van der Waals surface area contributed by atoms with Gasteiger partial charge in [0, 0.05) is 10.8 Å². The van der Waals surface area contributed by atoms with Gasteiger partial charge < -0.3 is 13.9 Å². The van der Waals surface area contributed by atoms with E-state index >= 15 is 0 Å². The highest BCUT2D eigenvalue weighted by molar-refractivity contribution is 6.05. The summed E-state index contributed by atoms with van der Waals surface area (Å²) in [7, 11) is 0. The molecule has 8 heteroatoms. The van der Waals surface area contributed by atoms with Crippen molar-refractivity contribution in [1.29, 1.82) is 0 Å². The molecule has 0 aliphatic carbocycles. The van der Waals surface area contributed by atoms with Crippen LogP contribution in [0.15, 0.2) is 71.1 Å². The molecular formula is C22H17FN2O5. The quantitative estimate of drug-likeness (QED) is 0.478. The standard InChI is InChI=1S/C22H17FN2O5/c23-14-5-7-15(8-6-14)28-12-21(26)24-25-22(27)13-29-16-9-10-20-18(11-16)17-3-1-2-4-19(17)30-20/h1-11H,12-13H2,(H,24,26)(H,25,27). The Morgan fingerprint density at radius 3 is 2.10 bits per heavy atom. The van der Waals surface area contributed by atoms with Crippen molar-refractivity contribution in [2.24, 2.45) is 0 Å². The highest BCUT2D eigenvalue weighted by Gasteiger charge is 2.10. The molecule has 4 aromatic rings. The molecule has 0 fully saturated rings. The van der Waals surface area contributed by atoms with Crippen molar-refractivity contribution >= 4 is 33.8 Å². The molecule has 0 saturated heterocycles. The third-order valence-corrected chi connectivity index (χ3v) is 4.24. The first-order chi connectivity index (χ1) is 14.6. The van der Waals surface area contributed by atoms with Gasteiger partial charge in [0.1, 0.15) is 28.5 Å². The van der Waals surface area contributed by atoms with Gasteiger partial charge in [0.2, 0.25) is 0 Å². The van der Waals surface area contributed by atoms with E-state index in [1.807, 2.05) is 24.3 Å². The summed E-state index contributed by atoms with van der Waals surface area (Å²) in [4.78, 5) is 23.6. The molecule has 0 unspecified atom stereocenters. The van der Waals surface area contributed by atoms with Crippen LogP contribution >= 0.6 is 0 Å². The number of para-hydroxylation sites is 1. The largest absolute Gasteiger partial charge is 0.484 e. The number of fused-ring (bicyclic) bond motifs is 3. The first-order valence-corrected chi connectivity index (χ1v) is 9.08. The van der Waals surface area contributed by atoms with Crippen LogP contribution < -0.4 is 20.3 Å². The van der Waals surface area contributed by atoms with Gasteiger partial charge >= 0.3 is 0 Å². The van der Waals surface area contributed by atoms with Crippen molar-refractivity contribution in [2.75, 3.05) is 13.2 Å². The Kier molecular flexibility index (Phi) is 5.47. The van der Waals surface area contributed by atoms with Crippen molar-refractivity contribution in [3.63, 3.8) is 0 Å². The van der Waals surface area contributed by atoms with Crippen molar-refractivity contribution < 1.29 is 27.9 Å². The maximum Gasteiger partial charge on any atom is 0.276 e. The number of amides is 2. The Bertz CT molecular complexity index is 1200. The van der Waals surface area contributed by atoms with Gasteiger partial charge in [-0.25, -0.2) is 4.39 Å². The van der Waals surface area contributed by atoms with Crippen molar-refractivity contribution in [3.8, 4) is 11.5 Å². The van der Waals surface area contributed by atoms with Crippen LogP contribution in [0.2, 0.25) is 0 Å². The molecule has 0 spiro atoms. The summed E-state index contributed by atoms with van der Waals surface area (Å²) in [6.07, 6.45) is 0. The summed E-state index contributed by atoms with van der Waals surface area (Å²) in [5.41, 5.74) is 5.95. The molecule has 30 heavy (non-hydrogen) atoms. The summed E-state index contributed by atoms with van der Waals surface area (Å²) in [6.45, 7) is -0.628. The maximum absolute atomic E-state index is 12.8. The average molecular weight is 408 g/mol. The number of carbonyl (C=O) groups is 2. The number of nitrogens with one attached hydrogen (secondary N) is 2. The Balaban J connectivity index is 1.25. The molecule has 2 amide bonds. The van der Waals surface area contributed by atoms with E-state index in [2.05, 4.69) is 10.9 Å². The average Bonchev–Trinajstić information content (AvgIpc) is 3.14. The molecule has 1 aromatic heterocycles. The second-order valence-electron chi connectivity index (χ2n) is 6.38. The second-order valence-corrected chi connectivity index (χ2v) is 6.38. The molecule has 2 N–H and O–H groups in total. The number of halogens is 1. The first-order valence-electron chi connectivity index (χ1n) is 9.08. The van der Waals surface area contributed by atoms with Gasteiger partial charge in [-0.1, -0.05) is 18.2 Å². The minimum Gasteiger partial charge on any atom is -0.484 e. The zero-order chi connectivity index (χ0) is 20.9. The Morgan fingerprint density at radius 2 is 1.37 bits per heavy atom. The summed E-state index contributed by atoms with van der Waals surface area (Å²) in [5.74, 6) is -0.682. The Hall–Kier alpha value is -4.07. The fourth-order valence-electron chi connectivity index (χ4n) is 2.84. The number of hydrogen-bond donors (Lipinski definition) is 2. The van der Waals surface area contributed by atoms with E-state index < -0.39 is 17.6 Å². The summed E-state index contributed by atoms with van der Waals surface area (Å²) < 4.78 is 29.2. The van der Waals surface area contributed by atoms with Crippen molar-refractivity contribution in [3.05, 3.63) is 72.5 Å². The lowest BCUT2D eigenvalue weighted by Gasteiger charge is -2.10. The van der Waals surface area contributed by atoms with Gasteiger partial charge in [-0.3, -0.25) is 20.4 Å². The Morgan fingerprint density at radius 1 is 0.767 bits per heavy atom. The maximum atomic E-state index is 12.8. The monoisotopic (exact) mass is 408 g/mol. The molecule has 0 aliphatic rings. The van der Waals surface area contributed by atoms with Crippen LogP contribution in [-0.4, -0.2) is 25.0 Å². The minimum absolute atomic E-state index is 0.291. The van der Waals surface area contributed by atoms with Crippen molar-refractivity contribution in [2.45, 2.75) is 0 Å². The van der Waals surface area contributed by atoms with Gasteiger partial charge in [-0.2, -0.15) is 0 Å². The van der Waals surface area contributed by atoms with E-state index in [4.69, 9.17) is 13.9 Å². The van der Waals surface area contributed by atoms with Crippen molar-refractivity contribution in [1.82, 2.24) is 10.9 Å². The highest BCUT2D eigenvalue weighted by Crippen LogP contribution is 2.31. The van der Waals surface area contributed by atoms with Crippen LogP contribution in [0.5, 0.6) is 11.5 Å². The van der Waals surface area contributed by atoms with Gasteiger partial charge in [0.15, 0.2) is 13.2 Å². The SMILES string of the molecule is O=C(COc1ccc(F)cc1)NNC(=O)COc1ccc2oc3ccccc3c2c1. The molecule has 7 nitrogen and oxygen atoms in total. The van der Waals surface area contributed by atoms with E-state index in [1.165, 1.54) is 24.3 Å². The van der Waals surface area contributed by atoms with E-state index in [1.54, 1.807) is 18.2 Å². The van der Waals surface area contributed by atoms with Crippen LogP contribution in [0, 0.1) is 5.82 Å². The van der Waals surface area contributed by atoms with Gasteiger partial charge in [-0.15, -0.1) is 0 Å². The summed E-state index contributed by atoms with van der Waals surface area (Å²) in [5, 5.41) is 1.84. The molecule has 1 heterocycles. The number of benzene rings is 3. The minimum atomic E-state index is -0.570. The molecule has 3 aromatic carbocycles. The van der Waals surface area contributed by atoms with Crippen LogP contribution in [-0.2, 0) is 9.59 Å². The number of hydrogen-bond acceptors (Lipinski definition) is 5. The number of hydrazine groups is 1. The van der Waals surface area contributed by atoms with Crippen LogP contribution in [0.1, 0.15) is 0 Å². The number of carbonyl (C=O) groups excluding carboxylic acids is 2. The number of rotatable bonds is 6. The Labute approximate surface area is 170 Å². The molecule has 0 aliphatic heterocycles. The molecule has 0 radical (unpaired) electrons.